The number of hydrogen-bond acceptors (Lipinski definition) is 4. The highest BCUT2D eigenvalue weighted by Gasteiger charge is 2.32. The highest BCUT2D eigenvalue weighted by molar-refractivity contribution is 6.30. The number of rotatable bonds is 6. The van der Waals surface area contributed by atoms with Gasteiger partial charge in [0.15, 0.2) is 5.84 Å². The van der Waals surface area contributed by atoms with Crippen LogP contribution in [0, 0.1) is 0 Å². The Bertz CT molecular complexity index is 1190. The molecule has 0 unspecified atom stereocenters. The second-order valence-corrected chi connectivity index (χ2v) is 7.52. The van der Waals surface area contributed by atoms with E-state index in [1.54, 1.807) is 49.6 Å². The summed E-state index contributed by atoms with van der Waals surface area (Å²) >= 11 is 5.91. The standard InChI is InChI=1S/C25H20ClN3O3/c1-32-21-13-9-17(10-14-21)15-22-25(31)29(24(27-22)19-5-3-2-4-6-19)28-23(30)16-18-7-11-20(26)12-8-18/h2-15H,16H2,1H3,(H,28,30)/b22-15-. The maximum Gasteiger partial charge on any atom is 0.297 e. The zero-order valence-corrected chi connectivity index (χ0v) is 18.0. The summed E-state index contributed by atoms with van der Waals surface area (Å²) in [5, 5.41) is 1.79. The van der Waals surface area contributed by atoms with Gasteiger partial charge in [-0.05, 0) is 41.5 Å². The fraction of sp³-hybridized carbons (Fsp3) is 0.0800. The van der Waals surface area contributed by atoms with Crippen LogP contribution in [0.4, 0.5) is 0 Å². The maximum absolute atomic E-state index is 13.1. The zero-order chi connectivity index (χ0) is 22.5. The third-order valence-corrected chi connectivity index (χ3v) is 5.08. The number of hydrazine groups is 1. The van der Waals surface area contributed by atoms with Crippen LogP contribution >= 0.6 is 11.6 Å². The SMILES string of the molecule is COc1ccc(/C=C2\N=C(c3ccccc3)N(NC(=O)Cc3ccc(Cl)cc3)C2=O)cc1. The molecule has 3 aromatic carbocycles. The van der Waals surface area contributed by atoms with Crippen molar-refractivity contribution < 1.29 is 14.3 Å². The number of nitrogens with zero attached hydrogens (tertiary/aromatic N) is 2. The van der Waals surface area contributed by atoms with Gasteiger partial charge in [-0.25, -0.2) is 4.99 Å². The Morgan fingerprint density at radius 1 is 1.03 bits per heavy atom. The van der Waals surface area contributed by atoms with Crippen molar-refractivity contribution in [2.24, 2.45) is 4.99 Å². The van der Waals surface area contributed by atoms with Crippen LogP contribution in [0.1, 0.15) is 16.7 Å². The lowest BCUT2D eigenvalue weighted by Gasteiger charge is -2.19. The largest absolute Gasteiger partial charge is 0.497 e. The molecule has 6 nitrogen and oxygen atoms in total. The summed E-state index contributed by atoms with van der Waals surface area (Å²) in [5.41, 5.74) is 5.21. The van der Waals surface area contributed by atoms with Crippen molar-refractivity contribution in [2.45, 2.75) is 6.42 Å². The molecule has 0 bridgehead atoms. The fourth-order valence-corrected chi connectivity index (χ4v) is 3.34. The molecule has 32 heavy (non-hydrogen) atoms. The number of amides is 2. The van der Waals surface area contributed by atoms with Gasteiger partial charge >= 0.3 is 0 Å². The first-order valence-electron chi connectivity index (χ1n) is 9.92. The molecule has 0 aliphatic carbocycles. The van der Waals surface area contributed by atoms with Gasteiger partial charge < -0.3 is 4.74 Å². The van der Waals surface area contributed by atoms with Crippen LogP contribution in [-0.2, 0) is 16.0 Å². The summed E-state index contributed by atoms with van der Waals surface area (Å²) in [7, 11) is 1.59. The molecule has 1 aliphatic heterocycles. The van der Waals surface area contributed by atoms with Crippen molar-refractivity contribution in [3.05, 3.63) is 106 Å². The molecule has 0 saturated heterocycles. The number of nitrogens with one attached hydrogen (secondary N) is 1. The highest BCUT2D eigenvalue weighted by Crippen LogP contribution is 2.22. The number of halogens is 1. The lowest BCUT2D eigenvalue weighted by molar-refractivity contribution is -0.133. The van der Waals surface area contributed by atoms with Crippen LogP contribution in [0.15, 0.2) is 89.6 Å². The summed E-state index contributed by atoms with van der Waals surface area (Å²) in [5.74, 6) is 0.327. The van der Waals surface area contributed by atoms with Crippen LogP contribution in [0.5, 0.6) is 5.75 Å². The van der Waals surface area contributed by atoms with Crippen molar-refractivity contribution in [3.8, 4) is 5.75 Å². The summed E-state index contributed by atoms with van der Waals surface area (Å²) in [6.45, 7) is 0. The Morgan fingerprint density at radius 2 is 1.72 bits per heavy atom. The van der Waals surface area contributed by atoms with Gasteiger partial charge in [-0.2, -0.15) is 5.01 Å². The molecule has 0 aromatic heterocycles. The van der Waals surface area contributed by atoms with Crippen molar-refractivity contribution in [3.63, 3.8) is 0 Å². The molecule has 0 saturated carbocycles. The van der Waals surface area contributed by atoms with E-state index in [-0.39, 0.29) is 18.0 Å². The van der Waals surface area contributed by atoms with E-state index in [1.165, 1.54) is 5.01 Å². The number of ether oxygens (including phenoxy) is 1. The van der Waals surface area contributed by atoms with Crippen LogP contribution in [-0.4, -0.2) is 29.8 Å². The van der Waals surface area contributed by atoms with Gasteiger partial charge in [0.2, 0.25) is 5.91 Å². The molecule has 4 rings (SSSR count). The number of methoxy groups -OCH3 is 1. The van der Waals surface area contributed by atoms with Crippen molar-refractivity contribution in [1.29, 1.82) is 0 Å². The van der Waals surface area contributed by atoms with E-state index in [0.717, 1.165) is 16.9 Å². The van der Waals surface area contributed by atoms with Gasteiger partial charge in [0, 0.05) is 10.6 Å². The Labute approximate surface area is 190 Å². The molecule has 3 aromatic rings. The van der Waals surface area contributed by atoms with Crippen molar-refractivity contribution in [1.82, 2.24) is 10.4 Å². The van der Waals surface area contributed by atoms with Gasteiger partial charge in [0.05, 0.1) is 13.5 Å². The molecule has 160 valence electrons. The minimum atomic E-state index is -0.413. The molecule has 0 radical (unpaired) electrons. The van der Waals surface area contributed by atoms with E-state index in [9.17, 15) is 9.59 Å². The van der Waals surface area contributed by atoms with Crippen LogP contribution in [0.3, 0.4) is 0 Å². The Morgan fingerprint density at radius 3 is 2.38 bits per heavy atom. The van der Waals surface area contributed by atoms with E-state index < -0.39 is 5.91 Å². The molecule has 0 atom stereocenters. The summed E-state index contributed by atoms with van der Waals surface area (Å²) < 4.78 is 5.17. The van der Waals surface area contributed by atoms with Crippen molar-refractivity contribution in [2.75, 3.05) is 7.11 Å². The average Bonchev–Trinajstić information content (AvgIpc) is 3.11. The van der Waals surface area contributed by atoms with E-state index >= 15 is 0 Å². The van der Waals surface area contributed by atoms with Gasteiger partial charge in [0.25, 0.3) is 5.91 Å². The number of amidine groups is 1. The number of benzene rings is 3. The van der Waals surface area contributed by atoms with E-state index in [1.807, 2.05) is 42.5 Å². The van der Waals surface area contributed by atoms with Gasteiger partial charge in [-0.15, -0.1) is 0 Å². The number of aliphatic imine (C=N–C) groups is 1. The second-order valence-electron chi connectivity index (χ2n) is 7.08. The summed E-state index contributed by atoms with van der Waals surface area (Å²) in [6, 6.07) is 23.5. The monoisotopic (exact) mass is 445 g/mol. The maximum atomic E-state index is 13.1. The lowest BCUT2D eigenvalue weighted by atomic mass is 10.1. The molecule has 1 aliphatic rings. The molecule has 1 heterocycles. The molecule has 1 N–H and O–H groups in total. The predicted molar refractivity (Wildman–Crippen MR) is 124 cm³/mol. The minimum Gasteiger partial charge on any atom is -0.497 e. The zero-order valence-electron chi connectivity index (χ0n) is 17.3. The molecule has 0 fully saturated rings. The smallest absolute Gasteiger partial charge is 0.297 e. The van der Waals surface area contributed by atoms with Gasteiger partial charge in [-0.3, -0.25) is 15.0 Å². The third kappa shape index (κ3) is 4.87. The second kappa shape index (κ2) is 9.49. The molecular weight excluding hydrogens is 426 g/mol. The Kier molecular flexibility index (Phi) is 6.33. The van der Waals surface area contributed by atoms with Crippen molar-refractivity contribution >= 4 is 35.3 Å². The van der Waals surface area contributed by atoms with Crippen LogP contribution < -0.4 is 10.2 Å². The summed E-state index contributed by atoms with van der Waals surface area (Å²) in [6.07, 6.45) is 1.77. The van der Waals surface area contributed by atoms with E-state index in [0.29, 0.717) is 16.4 Å². The number of carbonyl (C=O) groups excluding carboxylic acids is 2. The molecule has 0 spiro atoms. The van der Waals surface area contributed by atoms with Gasteiger partial charge in [0.1, 0.15) is 11.4 Å². The number of hydrogen-bond donors (Lipinski definition) is 1. The van der Waals surface area contributed by atoms with Crippen LogP contribution in [0.2, 0.25) is 5.02 Å². The molecule has 7 heteroatoms. The normalized spacial score (nSPS) is 14.4. The average molecular weight is 446 g/mol. The minimum absolute atomic E-state index is 0.0978. The first kappa shape index (κ1) is 21.3. The quantitative estimate of drug-likeness (QED) is 0.576. The fourth-order valence-electron chi connectivity index (χ4n) is 3.21. The molecular formula is C25H20ClN3O3. The Hall–Kier alpha value is -3.90. The third-order valence-electron chi connectivity index (χ3n) is 4.83. The highest BCUT2D eigenvalue weighted by atomic mass is 35.5. The number of carbonyl (C=O) groups is 2. The first-order chi connectivity index (χ1) is 15.5. The van der Waals surface area contributed by atoms with Crippen LogP contribution in [0.25, 0.3) is 6.08 Å². The lowest BCUT2D eigenvalue weighted by Crippen LogP contribution is -2.48. The predicted octanol–water partition coefficient (Wildman–Crippen LogP) is 4.25. The summed E-state index contributed by atoms with van der Waals surface area (Å²) in [4.78, 5) is 30.3. The first-order valence-corrected chi connectivity index (χ1v) is 10.3. The Balaban J connectivity index is 1.60. The van der Waals surface area contributed by atoms with E-state index in [2.05, 4.69) is 10.4 Å². The van der Waals surface area contributed by atoms with Gasteiger partial charge in [-0.1, -0.05) is 66.2 Å². The topological polar surface area (TPSA) is 71.0 Å². The van der Waals surface area contributed by atoms with E-state index in [4.69, 9.17) is 16.3 Å². The molecule has 2 amide bonds.